The van der Waals surface area contributed by atoms with Gasteiger partial charge >= 0.3 is 0 Å². The predicted octanol–water partition coefficient (Wildman–Crippen LogP) is 2.73. The lowest BCUT2D eigenvalue weighted by molar-refractivity contribution is -0.0315. The van der Waals surface area contributed by atoms with Gasteiger partial charge in [0.05, 0.1) is 10.1 Å². The van der Waals surface area contributed by atoms with Gasteiger partial charge in [0, 0.05) is 18.7 Å². The number of benzene rings is 1. The van der Waals surface area contributed by atoms with Crippen molar-refractivity contribution in [3.05, 3.63) is 33.8 Å². The quantitative estimate of drug-likeness (QED) is 0.838. The molecule has 0 unspecified atom stereocenters. The lowest BCUT2D eigenvalue weighted by Crippen LogP contribution is -2.46. The second kappa shape index (κ2) is 5.00. The van der Waals surface area contributed by atoms with Gasteiger partial charge in [-0.2, -0.15) is 0 Å². The van der Waals surface area contributed by atoms with Crippen molar-refractivity contribution in [3.63, 3.8) is 0 Å². The number of aliphatic hydroxyl groups is 1. The Hall–Kier alpha value is -0.520. The Morgan fingerprint density at radius 2 is 2.06 bits per heavy atom. The summed E-state index contributed by atoms with van der Waals surface area (Å²) in [6, 6.07) is 2.57. The zero-order chi connectivity index (χ0) is 12.5. The third kappa shape index (κ3) is 2.84. The van der Waals surface area contributed by atoms with Crippen molar-refractivity contribution in [1.29, 1.82) is 0 Å². The van der Waals surface area contributed by atoms with Crippen LogP contribution in [0.15, 0.2) is 16.6 Å². The van der Waals surface area contributed by atoms with Gasteiger partial charge in [-0.15, -0.1) is 0 Å². The molecule has 1 aliphatic rings. The lowest BCUT2D eigenvalue weighted by Gasteiger charge is -2.36. The Balaban J connectivity index is 1.96. The fourth-order valence-electron chi connectivity index (χ4n) is 1.91. The van der Waals surface area contributed by atoms with Crippen molar-refractivity contribution >= 4 is 15.9 Å². The minimum Gasteiger partial charge on any atom is -0.389 e. The SMILES string of the molecule is OC1(CNCc2c(F)ccc(Br)c2F)CCC1. The topological polar surface area (TPSA) is 32.3 Å². The van der Waals surface area contributed by atoms with Crippen LogP contribution in [0.5, 0.6) is 0 Å². The first kappa shape index (κ1) is 12.9. The summed E-state index contributed by atoms with van der Waals surface area (Å²) in [6.45, 7) is 0.456. The second-order valence-corrected chi connectivity index (χ2v) is 5.36. The Morgan fingerprint density at radius 1 is 1.35 bits per heavy atom. The molecule has 0 saturated heterocycles. The van der Waals surface area contributed by atoms with Gasteiger partial charge in [0.25, 0.3) is 0 Å². The summed E-state index contributed by atoms with van der Waals surface area (Å²) < 4.78 is 27.2. The van der Waals surface area contributed by atoms with E-state index in [9.17, 15) is 13.9 Å². The number of halogens is 3. The normalized spacial score (nSPS) is 17.9. The summed E-state index contributed by atoms with van der Waals surface area (Å²) >= 11 is 3.02. The van der Waals surface area contributed by atoms with E-state index >= 15 is 0 Å². The zero-order valence-corrected chi connectivity index (χ0v) is 10.9. The summed E-state index contributed by atoms with van der Waals surface area (Å²) in [5.74, 6) is -1.16. The largest absolute Gasteiger partial charge is 0.389 e. The molecule has 5 heteroatoms. The predicted molar refractivity (Wildman–Crippen MR) is 64.6 cm³/mol. The number of hydrogen-bond donors (Lipinski definition) is 2. The second-order valence-electron chi connectivity index (χ2n) is 4.50. The molecule has 2 N–H and O–H groups in total. The van der Waals surface area contributed by atoms with Crippen LogP contribution in [0.3, 0.4) is 0 Å². The Kier molecular flexibility index (Phi) is 3.80. The van der Waals surface area contributed by atoms with Crippen molar-refractivity contribution in [2.24, 2.45) is 0 Å². The Bertz CT molecular complexity index is 421. The number of rotatable bonds is 4. The van der Waals surface area contributed by atoms with Gasteiger partial charge in [-0.25, -0.2) is 8.78 Å². The first-order valence-electron chi connectivity index (χ1n) is 5.57. The van der Waals surface area contributed by atoms with E-state index in [1.165, 1.54) is 12.1 Å². The average Bonchev–Trinajstić information content (AvgIpc) is 2.26. The molecular formula is C12H14BrF2NO. The smallest absolute Gasteiger partial charge is 0.144 e. The lowest BCUT2D eigenvalue weighted by atomic mass is 9.80. The van der Waals surface area contributed by atoms with Crippen LogP contribution in [-0.2, 0) is 6.54 Å². The van der Waals surface area contributed by atoms with E-state index in [1.807, 2.05) is 0 Å². The molecule has 17 heavy (non-hydrogen) atoms. The van der Waals surface area contributed by atoms with Gasteiger partial charge in [0.15, 0.2) is 0 Å². The minimum atomic E-state index is -0.682. The van der Waals surface area contributed by atoms with Gasteiger partial charge in [-0.1, -0.05) is 0 Å². The Morgan fingerprint density at radius 3 is 2.65 bits per heavy atom. The maximum Gasteiger partial charge on any atom is 0.144 e. The van der Waals surface area contributed by atoms with E-state index in [0.717, 1.165) is 19.3 Å². The average molecular weight is 306 g/mol. The highest BCUT2D eigenvalue weighted by Crippen LogP contribution is 2.30. The molecule has 1 fully saturated rings. The van der Waals surface area contributed by atoms with Gasteiger partial charge < -0.3 is 10.4 Å². The van der Waals surface area contributed by atoms with Crippen molar-refractivity contribution in [3.8, 4) is 0 Å². The number of hydrogen-bond acceptors (Lipinski definition) is 2. The van der Waals surface area contributed by atoms with Crippen LogP contribution in [0.1, 0.15) is 24.8 Å². The summed E-state index contributed by atoms with van der Waals surface area (Å²) in [6.07, 6.45) is 2.52. The van der Waals surface area contributed by atoms with E-state index in [4.69, 9.17) is 0 Å². The van der Waals surface area contributed by atoms with E-state index in [0.29, 0.717) is 6.54 Å². The van der Waals surface area contributed by atoms with Crippen LogP contribution in [-0.4, -0.2) is 17.3 Å². The summed E-state index contributed by atoms with van der Waals surface area (Å²) in [5.41, 5.74) is -0.679. The van der Waals surface area contributed by atoms with E-state index in [-0.39, 0.29) is 16.6 Å². The van der Waals surface area contributed by atoms with E-state index in [1.54, 1.807) is 0 Å². The molecule has 0 aliphatic heterocycles. The molecule has 0 bridgehead atoms. The molecule has 0 aromatic heterocycles. The molecule has 1 aliphatic carbocycles. The maximum absolute atomic E-state index is 13.6. The Labute approximate surface area is 107 Å². The van der Waals surface area contributed by atoms with Crippen LogP contribution < -0.4 is 5.32 Å². The van der Waals surface area contributed by atoms with E-state index < -0.39 is 17.2 Å². The van der Waals surface area contributed by atoms with Crippen molar-refractivity contribution < 1.29 is 13.9 Å². The van der Waals surface area contributed by atoms with Crippen LogP contribution in [0.4, 0.5) is 8.78 Å². The standard InChI is InChI=1S/C12H14BrF2NO/c13-9-2-3-10(14)8(11(9)15)6-16-7-12(17)4-1-5-12/h2-3,16-17H,1,4-7H2. The maximum atomic E-state index is 13.6. The first-order chi connectivity index (χ1) is 8.02. The molecule has 1 aromatic carbocycles. The first-order valence-corrected chi connectivity index (χ1v) is 6.37. The minimum absolute atomic E-state index is 0.00213. The van der Waals surface area contributed by atoms with Crippen LogP contribution in [0.25, 0.3) is 0 Å². The molecule has 0 radical (unpaired) electrons. The summed E-state index contributed by atoms with van der Waals surface area (Å²) in [4.78, 5) is 0. The van der Waals surface area contributed by atoms with Gasteiger partial charge in [-0.05, 0) is 47.3 Å². The van der Waals surface area contributed by atoms with Crippen molar-refractivity contribution in [2.45, 2.75) is 31.4 Å². The molecule has 0 heterocycles. The zero-order valence-electron chi connectivity index (χ0n) is 9.27. The third-order valence-electron chi connectivity index (χ3n) is 3.18. The fraction of sp³-hybridized carbons (Fsp3) is 0.500. The fourth-order valence-corrected chi connectivity index (χ4v) is 2.28. The van der Waals surface area contributed by atoms with Crippen LogP contribution in [0.2, 0.25) is 0 Å². The molecule has 0 amide bonds. The molecule has 0 spiro atoms. The van der Waals surface area contributed by atoms with Crippen LogP contribution in [0, 0.1) is 11.6 Å². The highest BCUT2D eigenvalue weighted by molar-refractivity contribution is 9.10. The number of nitrogens with one attached hydrogen (secondary N) is 1. The molecule has 0 atom stereocenters. The van der Waals surface area contributed by atoms with Crippen LogP contribution >= 0.6 is 15.9 Å². The summed E-state index contributed by atoms with van der Waals surface area (Å²) in [5, 5.41) is 12.7. The van der Waals surface area contributed by atoms with E-state index in [2.05, 4.69) is 21.2 Å². The molecule has 2 rings (SSSR count). The third-order valence-corrected chi connectivity index (χ3v) is 3.79. The van der Waals surface area contributed by atoms with Gasteiger partial charge in [0.2, 0.25) is 0 Å². The van der Waals surface area contributed by atoms with Crippen molar-refractivity contribution in [2.75, 3.05) is 6.54 Å². The highest BCUT2D eigenvalue weighted by atomic mass is 79.9. The van der Waals surface area contributed by atoms with Crippen molar-refractivity contribution in [1.82, 2.24) is 5.32 Å². The molecule has 2 nitrogen and oxygen atoms in total. The monoisotopic (exact) mass is 305 g/mol. The van der Waals surface area contributed by atoms with Gasteiger partial charge in [0.1, 0.15) is 11.6 Å². The molecule has 1 saturated carbocycles. The highest BCUT2D eigenvalue weighted by Gasteiger charge is 2.33. The molecule has 1 aromatic rings. The molecular weight excluding hydrogens is 292 g/mol. The van der Waals surface area contributed by atoms with Gasteiger partial charge in [-0.3, -0.25) is 0 Å². The summed E-state index contributed by atoms with van der Waals surface area (Å²) in [7, 11) is 0. The molecule has 94 valence electrons.